The number of nitrogens with two attached hydrogens (primary N) is 1. The molecule has 4 heteroatoms. The fourth-order valence-electron chi connectivity index (χ4n) is 2.35. The van der Waals surface area contributed by atoms with Gasteiger partial charge in [-0.1, -0.05) is 0 Å². The van der Waals surface area contributed by atoms with Gasteiger partial charge in [0.2, 0.25) is 6.41 Å². The van der Waals surface area contributed by atoms with E-state index in [9.17, 15) is 4.79 Å². The van der Waals surface area contributed by atoms with Crippen LogP contribution in [-0.2, 0) is 4.79 Å². The Bertz CT molecular complexity index is 392. The predicted molar refractivity (Wildman–Crippen MR) is 62.7 cm³/mol. The van der Waals surface area contributed by atoms with Crippen LogP contribution in [0.5, 0.6) is 0 Å². The molecule has 1 aromatic heterocycles. The highest BCUT2D eigenvalue weighted by atomic mass is 16.1. The van der Waals surface area contributed by atoms with Crippen LogP contribution in [0.15, 0.2) is 12.3 Å². The summed E-state index contributed by atoms with van der Waals surface area (Å²) >= 11 is 0. The summed E-state index contributed by atoms with van der Waals surface area (Å²) in [6, 6.07) is 2.05. The molecule has 0 bridgehead atoms. The monoisotopic (exact) mass is 219 g/mol. The van der Waals surface area contributed by atoms with E-state index in [1.165, 1.54) is 6.42 Å². The minimum atomic E-state index is 0.180. The van der Waals surface area contributed by atoms with Crippen molar-refractivity contribution in [3.63, 3.8) is 0 Å². The molecular formula is C12H17N3O. The lowest BCUT2D eigenvalue weighted by Crippen LogP contribution is -2.32. The zero-order valence-electron chi connectivity index (χ0n) is 9.52. The third kappa shape index (κ3) is 2.01. The van der Waals surface area contributed by atoms with Crippen LogP contribution in [0.2, 0.25) is 0 Å². The Morgan fingerprint density at radius 2 is 2.38 bits per heavy atom. The van der Waals surface area contributed by atoms with Crippen molar-refractivity contribution in [2.45, 2.75) is 32.2 Å². The van der Waals surface area contributed by atoms with Crippen molar-refractivity contribution in [3.8, 4) is 0 Å². The third-order valence-electron chi connectivity index (χ3n) is 3.21. The predicted octanol–water partition coefficient (Wildman–Crippen LogP) is 1.66. The largest absolute Gasteiger partial charge is 0.384 e. The van der Waals surface area contributed by atoms with Gasteiger partial charge in [-0.05, 0) is 43.4 Å². The number of aromatic nitrogens is 1. The van der Waals surface area contributed by atoms with Gasteiger partial charge >= 0.3 is 0 Å². The summed E-state index contributed by atoms with van der Waals surface area (Å²) in [6.45, 7) is 2.86. The summed E-state index contributed by atoms with van der Waals surface area (Å²) in [5, 5.41) is 0. The Kier molecular flexibility index (Phi) is 3.08. The number of rotatable bonds is 2. The van der Waals surface area contributed by atoms with E-state index in [0.717, 1.165) is 36.9 Å². The summed E-state index contributed by atoms with van der Waals surface area (Å²) < 4.78 is 0. The Hall–Kier alpha value is -1.58. The van der Waals surface area contributed by atoms with Crippen LogP contribution in [0.25, 0.3) is 0 Å². The first-order valence-corrected chi connectivity index (χ1v) is 5.65. The molecule has 2 heterocycles. The van der Waals surface area contributed by atoms with E-state index in [2.05, 4.69) is 4.98 Å². The van der Waals surface area contributed by atoms with Gasteiger partial charge in [0.05, 0.1) is 6.04 Å². The number of nitrogens with zero attached hydrogens (tertiary/aromatic N) is 2. The Morgan fingerprint density at radius 1 is 1.56 bits per heavy atom. The van der Waals surface area contributed by atoms with Crippen LogP contribution in [0.1, 0.15) is 36.4 Å². The SMILES string of the molecule is Cc1cc(N)ncc1[C@@H]1CCCCN1C=O. The lowest BCUT2D eigenvalue weighted by Gasteiger charge is -2.33. The van der Waals surface area contributed by atoms with Gasteiger partial charge in [-0.2, -0.15) is 0 Å². The average Bonchev–Trinajstić information content (AvgIpc) is 2.29. The van der Waals surface area contributed by atoms with Crippen molar-refractivity contribution in [2.24, 2.45) is 0 Å². The van der Waals surface area contributed by atoms with Crippen molar-refractivity contribution in [1.82, 2.24) is 9.88 Å². The second-order valence-electron chi connectivity index (χ2n) is 4.32. The van der Waals surface area contributed by atoms with Crippen LogP contribution in [0.4, 0.5) is 5.82 Å². The molecule has 16 heavy (non-hydrogen) atoms. The van der Waals surface area contributed by atoms with Gasteiger partial charge in [-0.25, -0.2) is 4.98 Å². The van der Waals surface area contributed by atoms with Crippen molar-refractivity contribution in [1.29, 1.82) is 0 Å². The molecule has 1 amide bonds. The van der Waals surface area contributed by atoms with E-state index in [-0.39, 0.29) is 6.04 Å². The van der Waals surface area contributed by atoms with Crippen molar-refractivity contribution >= 4 is 12.2 Å². The quantitative estimate of drug-likeness (QED) is 0.769. The normalized spacial score (nSPS) is 20.8. The molecule has 0 unspecified atom stereocenters. The fraction of sp³-hybridized carbons (Fsp3) is 0.500. The molecule has 4 nitrogen and oxygen atoms in total. The van der Waals surface area contributed by atoms with Gasteiger partial charge in [-0.3, -0.25) is 4.79 Å². The van der Waals surface area contributed by atoms with Crippen LogP contribution >= 0.6 is 0 Å². The number of hydrogen-bond donors (Lipinski definition) is 1. The fourth-order valence-corrected chi connectivity index (χ4v) is 2.35. The summed E-state index contributed by atoms with van der Waals surface area (Å²) in [4.78, 5) is 17.0. The molecule has 2 N–H and O–H groups in total. The highest BCUT2D eigenvalue weighted by Gasteiger charge is 2.24. The summed E-state index contributed by atoms with van der Waals surface area (Å²) in [5.41, 5.74) is 7.87. The Balaban J connectivity index is 2.30. The second-order valence-corrected chi connectivity index (χ2v) is 4.32. The van der Waals surface area contributed by atoms with Gasteiger partial charge in [0, 0.05) is 12.7 Å². The smallest absolute Gasteiger partial charge is 0.210 e. The first-order valence-electron chi connectivity index (χ1n) is 5.65. The van der Waals surface area contributed by atoms with Gasteiger partial charge in [0.1, 0.15) is 5.82 Å². The second kappa shape index (κ2) is 4.51. The van der Waals surface area contributed by atoms with Crippen LogP contribution in [-0.4, -0.2) is 22.8 Å². The number of amides is 1. The molecule has 0 spiro atoms. The maximum absolute atomic E-state index is 11.0. The summed E-state index contributed by atoms with van der Waals surface area (Å²) in [6.07, 6.45) is 6.03. The standard InChI is InChI=1S/C12H17N3O/c1-9-6-12(13)14-7-10(9)11-4-2-3-5-15(11)8-16/h6-8,11H,2-5H2,1H3,(H2,13,14)/t11-/m0/s1. The van der Waals surface area contributed by atoms with E-state index in [1.807, 2.05) is 17.9 Å². The maximum atomic E-state index is 11.0. The van der Waals surface area contributed by atoms with Crippen molar-refractivity contribution in [3.05, 3.63) is 23.4 Å². The number of piperidine rings is 1. The van der Waals surface area contributed by atoms with Gasteiger partial charge in [0.15, 0.2) is 0 Å². The van der Waals surface area contributed by atoms with Gasteiger partial charge in [-0.15, -0.1) is 0 Å². The van der Waals surface area contributed by atoms with E-state index >= 15 is 0 Å². The van der Waals surface area contributed by atoms with Crippen molar-refractivity contribution < 1.29 is 4.79 Å². The zero-order valence-corrected chi connectivity index (χ0v) is 9.52. The Morgan fingerprint density at radius 3 is 3.06 bits per heavy atom. The van der Waals surface area contributed by atoms with E-state index in [0.29, 0.717) is 5.82 Å². The molecule has 1 atom stereocenters. The molecule has 1 aliphatic rings. The topological polar surface area (TPSA) is 59.2 Å². The molecule has 2 rings (SSSR count). The molecule has 1 saturated heterocycles. The highest BCUT2D eigenvalue weighted by molar-refractivity contribution is 5.50. The Labute approximate surface area is 95.5 Å². The average molecular weight is 219 g/mol. The van der Waals surface area contributed by atoms with Crippen LogP contribution in [0, 0.1) is 6.92 Å². The zero-order chi connectivity index (χ0) is 11.5. The van der Waals surface area contributed by atoms with Crippen molar-refractivity contribution in [2.75, 3.05) is 12.3 Å². The van der Waals surface area contributed by atoms with E-state index < -0.39 is 0 Å². The van der Waals surface area contributed by atoms with Gasteiger partial charge < -0.3 is 10.6 Å². The van der Waals surface area contributed by atoms with E-state index in [1.54, 1.807) is 6.20 Å². The molecule has 0 aromatic carbocycles. The number of hydrogen-bond acceptors (Lipinski definition) is 3. The summed E-state index contributed by atoms with van der Waals surface area (Å²) in [7, 11) is 0. The maximum Gasteiger partial charge on any atom is 0.210 e. The lowest BCUT2D eigenvalue weighted by molar-refractivity contribution is -0.121. The van der Waals surface area contributed by atoms with Gasteiger partial charge in [0.25, 0.3) is 0 Å². The molecule has 1 aliphatic heterocycles. The van der Waals surface area contributed by atoms with E-state index in [4.69, 9.17) is 5.73 Å². The third-order valence-corrected chi connectivity index (χ3v) is 3.21. The molecular weight excluding hydrogens is 202 g/mol. The minimum absolute atomic E-state index is 0.180. The first-order chi connectivity index (χ1) is 7.72. The number of carbonyl (C=O) groups is 1. The first kappa shape index (κ1) is 10.9. The van der Waals surface area contributed by atoms with Crippen LogP contribution in [0.3, 0.4) is 0 Å². The number of anilines is 1. The molecule has 1 aromatic rings. The molecule has 0 saturated carbocycles. The minimum Gasteiger partial charge on any atom is -0.384 e. The number of likely N-dealkylation sites (tertiary alicyclic amines) is 1. The molecule has 0 aliphatic carbocycles. The number of pyridine rings is 1. The highest BCUT2D eigenvalue weighted by Crippen LogP contribution is 2.31. The number of carbonyl (C=O) groups excluding carboxylic acids is 1. The van der Waals surface area contributed by atoms with Crippen LogP contribution < -0.4 is 5.73 Å². The summed E-state index contributed by atoms with van der Waals surface area (Å²) in [5.74, 6) is 0.537. The molecule has 1 fully saturated rings. The number of aryl methyl sites for hydroxylation is 1. The lowest BCUT2D eigenvalue weighted by atomic mass is 9.94. The molecule has 0 radical (unpaired) electrons. The molecule has 86 valence electrons. The number of nitrogen functional groups attached to an aromatic ring is 1.